The monoisotopic (exact) mass is 335 g/mol. The van der Waals surface area contributed by atoms with E-state index in [4.69, 9.17) is 0 Å². The lowest BCUT2D eigenvalue weighted by atomic mass is 9.96. The molecule has 5 nitrogen and oxygen atoms in total. The first-order chi connectivity index (χ1) is 11.0. The summed E-state index contributed by atoms with van der Waals surface area (Å²) in [5.74, 6) is 0.0292. The number of likely N-dealkylation sites (tertiary alicyclic amines) is 1. The van der Waals surface area contributed by atoms with Gasteiger partial charge in [0.2, 0.25) is 11.8 Å². The molecule has 0 radical (unpaired) electrons. The average molecular weight is 335 g/mol. The van der Waals surface area contributed by atoms with Gasteiger partial charge < -0.3 is 10.2 Å². The number of hydrogen-bond donors (Lipinski definition) is 1. The highest BCUT2D eigenvalue weighted by molar-refractivity contribution is 7.09. The number of hydrogen-bond acceptors (Lipinski definition) is 4. The summed E-state index contributed by atoms with van der Waals surface area (Å²) in [6.45, 7) is 4.51. The first-order valence-electron chi connectivity index (χ1n) is 8.51. The molecule has 1 N–H and O–H groups in total. The standard InChI is InChI=1S/C17H25N3O2S/c1-12-18-14(11-23-12)10-15(21)20-9-5-8-17(20,2)16(22)19-13-6-3-4-7-13/h11,13H,3-10H2,1-2H3,(H,19,22). The maximum absolute atomic E-state index is 12.8. The highest BCUT2D eigenvalue weighted by Crippen LogP contribution is 2.31. The van der Waals surface area contributed by atoms with Crippen molar-refractivity contribution < 1.29 is 9.59 Å². The van der Waals surface area contributed by atoms with E-state index in [0.29, 0.717) is 6.54 Å². The van der Waals surface area contributed by atoms with E-state index in [1.54, 1.807) is 16.2 Å². The summed E-state index contributed by atoms with van der Waals surface area (Å²) in [5, 5.41) is 6.07. The fraction of sp³-hybridized carbons (Fsp3) is 0.706. The molecule has 3 rings (SSSR count). The van der Waals surface area contributed by atoms with Gasteiger partial charge in [0.15, 0.2) is 0 Å². The second-order valence-corrected chi connectivity index (χ2v) is 7.97. The van der Waals surface area contributed by atoms with Crippen LogP contribution in [0.3, 0.4) is 0 Å². The molecule has 1 saturated carbocycles. The first kappa shape index (κ1) is 16.4. The van der Waals surface area contributed by atoms with Crippen molar-refractivity contribution in [1.29, 1.82) is 0 Å². The Morgan fingerprint density at radius 2 is 2.13 bits per heavy atom. The van der Waals surface area contributed by atoms with Crippen LogP contribution in [0.4, 0.5) is 0 Å². The molecule has 1 saturated heterocycles. The summed E-state index contributed by atoms with van der Waals surface area (Å²) in [5.41, 5.74) is 0.105. The van der Waals surface area contributed by atoms with Gasteiger partial charge in [-0.2, -0.15) is 0 Å². The Morgan fingerprint density at radius 3 is 2.78 bits per heavy atom. The number of nitrogens with zero attached hydrogens (tertiary/aromatic N) is 2. The molecule has 1 aliphatic carbocycles. The van der Waals surface area contributed by atoms with Crippen LogP contribution in [0.25, 0.3) is 0 Å². The fourth-order valence-corrected chi connectivity index (χ4v) is 4.36. The molecule has 0 spiro atoms. The number of aryl methyl sites for hydroxylation is 1. The van der Waals surface area contributed by atoms with E-state index in [9.17, 15) is 9.59 Å². The Hall–Kier alpha value is -1.43. The van der Waals surface area contributed by atoms with Crippen LogP contribution in [0, 0.1) is 6.92 Å². The van der Waals surface area contributed by atoms with Crippen molar-refractivity contribution in [3.63, 3.8) is 0 Å². The lowest BCUT2D eigenvalue weighted by Crippen LogP contribution is -2.57. The summed E-state index contributed by atoms with van der Waals surface area (Å²) in [6, 6.07) is 0.290. The van der Waals surface area contributed by atoms with Gasteiger partial charge in [0.05, 0.1) is 17.1 Å². The van der Waals surface area contributed by atoms with E-state index in [2.05, 4.69) is 10.3 Å². The largest absolute Gasteiger partial charge is 0.351 e. The quantitative estimate of drug-likeness (QED) is 0.919. The van der Waals surface area contributed by atoms with Gasteiger partial charge in [0.1, 0.15) is 5.54 Å². The Kier molecular flexibility index (Phi) is 4.71. The summed E-state index contributed by atoms with van der Waals surface area (Å²) < 4.78 is 0. The van der Waals surface area contributed by atoms with Crippen LogP contribution >= 0.6 is 11.3 Å². The van der Waals surface area contributed by atoms with Crippen molar-refractivity contribution in [2.75, 3.05) is 6.54 Å². The van der Waals surface area contributed by atoms with Crippen LogP contribution in [0.2, 0.25) is 0 Å². The smallest absolute Gasteiger partial charge is 0.245 e. The maximum Gasteiger partial charge on any atom is 0.245 e. The second-order valence-electron chi connectivity index (χ2n) is 6.91. The summed E-state index contributed by atoms with van der Waals surface area (Å²) in [4.78, 5) is 31.6. The lowest BCUT2D eigenvalue weighted by molar-refractivity contribution is -0.144. The molecule has 1 atom stereocenters. The molecule has 1 aliphatic heterocycles. The number of carbonyl (C=O) groups excluding carboxylic acids is 2. The van der Waals surface area contributed by atoms with E-state index in [0.717, 1.165) is 36.4 Å². The number of thiazole rings is 1. The van der Waals surface area contributed by atoms with Crippen molar-refractivity contribution in [3.8, 4) is 0 Å². The van der Waals surface area contributed by atoms with Crippen LogP contribution < -0.4 is 5.32 Å². The third kappa shape index (κ3) is 3.42. The molecular weight excluding hydrogens is 310 g/mol. The highest BCUT2D eigenvalue weighted by atomic mass is 32.1. The van der Waals surface area contributed by atoms with Gasteiger partial charge in [-0.05, 0) is 39.5 Å². The topological polar surface area (TPSA) is 62.3 Å². The predicted molar refractivity (Wildman–Crippen MR) is 90.3 cm³/mol. The van der Waals surface area contributed by atoms with Crippen LogP contribution in [-0.4, -0.2) is 39.8 Å². The van der Waals surface area contributed by atoms with E-state index < -0.39 is 5.54 Å². The van der Waals surface area contributed by atoms with Crippen molar-refractivity contribution in [2.24, 2.45) is 0 Å². The minimum atomic E-state index is -0.704. The minimum Gasteiger partial charge on any atom is -0.351 e. The molecule has 1 aromatic heterocycles. The van der Waals surface area contributed by atoms with Gasteiger partial charge in [-0.25, -0.2) is 4.98 Å². The number of nitrogens with one attached hydrogen (secondary N) is 1. The van der Waals surface area contributed by atoms with Crippen molar-refractivity contribution in [3.05, 3.63) is 16.1 Å². The van der Waals surface area contributed by atoms with Crippen LogP contribution in [0.5, 0.6) is 0 Å². The van der Waals surface area contributed by atoms with Crippen molar-refractivity contribution >= 4 is 23.2 Å². The van der Waals surface area contributed by atoms with E-state index in [1.807, 2.05) is 19.2 Å². The third-order valence-corrected chi connectivity index (χ3v) is 5.94. The zero-order valence-corrected chi connectivity index (χ0v) is 14.7. The van der Waals surface area contributed by atoms with Gasteiger partial charge in [0.25, 0.3) is 0 Å². The summed E-state index contributed by atoms with van der Waals surface area (Å²) in [7, 11) is 0. The number of amides is 2. The van der Waals surface area contributed by atoms with Gasteiger partial charge in [-0.1, -0.05) is 12.8 Å². The normalized spacial score (nSPS) is 25.0. The SMILES string of the molecule is Cc1nc(CC(=O)N2CCCC2(C)C(=O)NC2CCCC2)cs1. The zero-order valence-electron chi connectivity index (χ0n) is 13.9. The van der Waals surface area contributed by atoms with Gasteiger partial charge in [-0.3, -0.25) is 9.59 Å². The van der Waals surface area contributed by atoms with Crippen molar-refractivity contribution in [2.45, 2.75) is 70.4 Å². The Balaban J connectivity index is 1.67. The Bertz CT molecular complexity index is 594. The number of carbonyl (C=O) groups is 2. The van der Waals surface area contributed by atoms with Gasteiger partial charge in [0, 0.05) is 18.0 Å². The molecule has 0 bridgehead atoms. The molecule has 2 amide bonds. The van der Waals surface area contributed by atoms with Crippen LogP contribution in [0.15, 0.2) is 5.38 Å². The third-order valence-electron chi connectivity index (χ3n) is 5.12. The Morgan fingerprint density at radius 1 is 1.39 bits per heavy atom. The van der Waals surface area contributed by atoms with Crippen LogP contribution in [0.1, 0.15) is 56.2 Å². The summed E-state index contributed by atoms with van der Waals surface area (Å²) >= 11 is 1.56. The molecule has 1 aromatic rings. The minimum absolute atomic E-state index is 0.0110. The molecule has 6 heteroatoms. The fourth-order valence-electron chi connectivity index (χ4n) is 3.75. The molecule has 126 valence electrons. The van der Waals surface area contributed by atoms with E-state index in [-0.39, 0.29) is 24.3 Å². The number of rotatable bonds is 4. The van der Waals surface area contributed by atoms with E-state index >= 15 is 0 Å². The number of aromatic nitrogens is 1. The van der Waals surface area contributed by atoms with Crippen molar-refractivity contribution in [1.82, 2.24) is 15.2 Å². The molecular formula is C17H25N3O2S. The van der Waals surface area contributed by atoms with E-state index in [1.165, 1.54) is 12.8 Å². The molecule has 2 heterocycles. The van der Waals surface area contributed by atoms with Gasteiger partial charge >= 0.3 is 0 Å². The lowest BCUT2D eigenvalue weighted by Gasteiger charge is -2.35. The van der Waals surface area contributed by atoms with Crippen LogP contribution in [-0.2, 0) is 16.0 Å². The average Bonchev–Trinajstić information content (AvgIpc) is 3.21. The Labute approximate surface area is 141 Å². The maximum atomic E-state index is 12.8. The molecule has 23 heavy (non-hydrogen) atoms. The predicted octanol–water partition coefficient (Wildman–Crippen LogP) is 2.43. The molecule has 2 fully saturated rings. The zero-order chi connectivity index (χ0) is 16.4. The molecule has 1 unspecified atom stereocenters. The molecule has 0 aromatic carbocycles. The summed E-state index contributed by atoms with van der Waals surface area (Å²) in [6.07, 6.45) is 6.42. The first-order valence-corrected chi connectivity index (χ1v) is 9.39. The molecule has 2 aliphatic rings. The highest BCUT2D eigenvalue weighted by Gasteiger charge is 2.46. The second kappa shape index (κ2) is 6.59. The van der Waals surface area contributed by atoms with Gasteiger partial charge in [-0.15, -0.1) is 11.3 Å².